The maximum absolute atomic E-state index is 13.9. The van der Waals surface area contributed by atoms with Crippen LogP contribution >= 0.6 is 0 Å². The molecule has 1 nitrogen and oxygen atoms in total. The Labute approximate surface area is 181 Å². The van der Waals surface area contributed by atoms with Gasteiger partial charge in [0, 0.05) is 0 Å². The predicted molar refractivity (Wildman–Crippen MR) is 119 cm³/mol. The van der Waals surface area contributed by atoms with Crippen molar-refractivity contribution in [1.29, 1.82) is 5.26 Å². The first-order valence-corrected chi connectivity index (χ1v) is 12.2. The van der Waals surface area contributed by atoms with E-state index >= 15 is 0 Å². The van der Waals surface area contributed by atoms with Gasteiger partial charge in [0.2, 0.25) is 0 Å². The van der Waals surface area contributed by atoms with Crippen LogP contribution in [0.3, 0.4) is 0 Å². The summed E-state index contributed by atoms with van der Waals surface area (Å²) >= 11 is 0. The molecule has 0 amide bonds. The van der Waals surface area contributed by atoms with E-state index in [0.717, 1.165) is 37.5 Å². The minimum atomic E-state index is -0.726. The van der Waals surface area contributed by atoms with Crippen LogP contribution in [0.1, 0.15) is 107 Å². The molecule has 164 valence electrons. The molecule has 0 saturated heterocycles. The second-order valence-electron chi connectivity index (χ2n) is 9.60. The van der Waals surface area contributed by atoms with Crippen LogP contribution in [0.25, 0.3) is 0 Å². The van der Waals surface area contributed by atoms with Crippen molar-refractivity contribution in [3.63, 3.8) is 0 Å². The summed E-state index contributed by atoms with van der Waals surface area (Å²) in [5.41, 5.74) is 0.245. The SMILES string of the molecule is CCCCCC[C@H]1CC[C@H](/C=C/[C@H]2CC[C@H](c3cc(F)c(C#N)c(F)c3)CC2)CC1. The van der Waals surface area contributed by atoms with E-state index in [1.807, 2.05) is 0 Å². The van der Waals surface area contributed by atoms with Crippen molar-refractivity contribution in [2.75, 3.05) is 0 Å². The second kappa shape index (κ2) is 11.6. The van der Waals surface area contributed by atoms with E-state index in [2.05, 4.69) is 19.1 Å². The first-order valence-electron chi connectivity index (χ1n) is 12.2. The van der Waals surface area contributed by atoms with Crippen LogP contribution in [-0.4, -0.2) is 0 Å². The largest absolute Gasteiger partial charge is 0.205 e. The molecule has 0 N–H and O–H groups in total. The highest BCUT2D eigenvalue weighted by atomic mass is 19.1. The minimum Gasteiger partial charge on any atom is -0.205 e. The lowest BCUT2D eigenvalue weighted by molar-refractivity contribution is 0.287. The second-order valence-corrected chi connectivity index (χ2v) is 9.60. The zero-order chi connectivity index (χ0) is 21.3. The minimum absolute atomic E-state index is 0.203. The van der Waals surface area contributed by atoms with Crippen LogP contribution in [0, 0.1) is 40.7 Å². The maximum Gasteiger partial charge on any atom is 0.144 e. The molecule has 0 aromatic heterocycles. The van der Waals surface area contributed by atoms with Crippen LogP contribution in [0.5, 0.6) is 0 Å². The van der Waals surface area contributed by atoms with Crippen molar-refractivity contribution in [3.8, 4) is 6.07 Å². The van der Waals surface area contributed by atoms with Crippen molar-refractivity contribution in [2.45, 2.75) is 96.3 Å². The number of rotatable bonds is 8. The fraction of sp³-hybridized carbons (Fsp3) is 0.667. The molecule has 2 aliphatic carbocycles. The van der Waals surface area contributed by atoms with Gasteiger partial charge in [-0.25, -0.2) is 8.78 Å². The number of hydrogen-bond donors (Lipinski definition) is 0. The molecule has 1 aromatic rings. The first kappa shape index (κ1) is 23.0. The summed E-state index contributed by atoms with van der Waals surface area (Å²) in [7, 11) is 0. The molecule has 0 bridgehead atoms. The van der Waals surface area contributed by atoms with Gasteiger partial charge in [0.1, 0.15) is 23.3 Å². The van der Waals surface area contributed by atoms with E-state index in [4.69, 9.17) is 5.26 Å². The number of benzene rings is 1. The maximum atomic E-state index is 13.9. The molecule has 1 aromatic carbocycles. The zero-order valence-corrected chi connectivity index (χ0v) is 18.5. The lowest BCUT2D eigenvalue weighted by atomic mass is 9.76. The monoisotopic (exact) mass is 413 g/mol. The molecule has 0 heterocycles. The van der Waals surface area contributed by atoms with Crippen LogP contribution < -0.4 is 0 Å². The summed E-state index contributed by atoms with van der Waals surface area (Å²) in [6, 6.07) is 4.34. The smallest absolute Gasteiger partial charge is 0.144 e. The summed E-state index contributed by atoms with van der Waals surface area (Å²) in [5, 5.41) is 8.84. The molecule has 0 unspecified atom stereocenters. The lowest BCUT2D eigenvalue weighted by Gasteiger charge is -2.29. The third kappa shape index (κ3) is 6.40. The summed E-state index contributed by atoms with van der Waals surface area (Å²) in [5.74, 6) is 1.05. The third-order valence-corrected chi connectivity index (χ3v) is 7.43. The molecule has 2 fully saturated rings. The van der Waals surface area contributed by atoms with Crippen molar-refractivity contribution >= 4 is 0 Å². The zero-order valence-electron chi connectivity index (χ0n) is 18.5. The predicted octanol–water partition coefficient (Wildman–Crippen LogP) is 8.44. The third-order valence-electron chi connectivity index (χ3n) is 7.43. The summed E-state index contributed by atoms with van der Waals surface area (Å²) < 4.78 is 27.9. The number of halogens is 2. The molecule has 0 atom stereocenters. The van der Waals surface area contributed by atoms with Gasteiger partial charge in [-0.2, -0.15) is 5.26 Å². The van der Waals surface area contributed by atoms with E-state index in [9.17, 15) is 8.78 Å². The normalized spacial score (nSPS) is 27.3. The number of hydrogen-bond acceptors (Lipinski definition) is 1. The van der Waals surface area contributed by atoms with Crippen LogP contribution in [0.2, 0.25) is 0 Å². The van der Waals surface area contributed by atoms with E-state index in [1.54, 1.807) is 6.07 Å². The molecule has 3 rings (SSSR count). The van der Waals surface area contributed by atoms with Crippen LogP contribution in [0.15, 0.2) is 24.3 Å². The van der Waals surface area contributed by atoms with Gasteiger partial charge in [0.25, 0.3) is 0 Å². The molecular weight excluding hydrogens is 376 g/mol. The number of nitriles is 1. The van der Waals surface area contributed by atoms with E-state index < -0.39 is 17.2 Å². The summed E-state index contributed by atoms with van der Waals surface area (Å²) in [4.78, 5) is 0. The Morgan fingerprint density at radius 1 is 0.867 bits per heavy atom. The highest BCUT2D eigenvalue weighted by molar-refractivity contribution is 5.36. The molecule has 0 aliphatic heterocycles. The number of unbranched alkanes of at least 4 members (excludes halogenated alkanes) is 3. The first-order chi connectivity index (χ1) is 14.6. The fourth-order valence-electron chi connectivity index (χ4n) is 5.42. The van der Waals surface area contributed by atoms with Crippen molar-refractivity contribution in [3.05, 3.63) is 47.0 Å². The summed E-state index contributed by atoms with van der Waals surface area (Å²) in [6.45, 7) is 2.27. The van der Waals surface area contributed by atoms with Crippen LogP contribution in [0.4, 0.5) is 8.78 Å². The topological polar surface area (TPSA) is 23.8 Å². The van der Waals surface area contributed by atoms with Crippen molar-refractivity contribution in [2.24, 2.45) is 17.8 Å². The molecule has 0 radical (unpaired) electrons. The Morgan fingerprint density at radius 2 is 1.43 bits per heavy atom. The molecule has 2 aliphatic rings. The standard InChI is InChI=1S/C27H37F2N/c1-2-3-4-5-6-20-7-9-21(10-8-20)11-12-22-13-15-23(16-14-22)24-17-26(28)25(19-30)27(29)18-24/h11-12,17-18,20-23H,2-10,13-16H2,1H3/b12-11+/t20-,21-,22-,23-. The average Bonchev–Trinajstić information content (AvgIpc) is 2.76. The lowest BCUT2D eigenvalue weighted by Crippen LogP contribution is -2.15. The van der Waals surface area contributed by atoms with Gasteiger partial charge >= 0.3 is 0 Å². The van der Waals surface area contributed by atoms with Crippen molar-refractivity contribution < 1.29 is 8.78 Å². The van der Waals surface area contributed by atoms with Gasteiger partial charge in [-0.05, 0) is 92.7 Å². The van der Waals surface area contributed by atoms with E-state index in [0.29, 0.717) is 11.5 Å². The Bertz CT molecular complexity index is 709. The van der Waals surface area contributed by atoms with Gasteiger partial charge in [0.05, 0.1) is 0 Å². The number of nitrogens with zero attached hydrogens (tertiary/aromatic N) is 1. The molecule has 3 heteroatoms. The quantitative estimate of drug-likeness (QED) is 0.310. The van der Waals surface area contributed by atoms with Crippen LogP contribution in [-0.2, 0) is 0 Å². The van der Waals surface area contributed by atoms with Gasteiger partial charge in [0.15, 0.2) is 0 Å². The highest BCUT2D eigenvalue weighted by Crippen LogP contribution is 2.38. The van der Waals surface area contributed by atoms with Crippen molar-refractivity contribution in [1.82, 2.24) is 0 Å². The average molecular weight is 414 g/mol. The van der Waals surface area contributed by atoms with E-state index in [1.165, 1.54) is 69.9 Å². The number of allylic oxidation sites excluding steroid dienone is 2. The Balaban J connectivity index is 1.40. The summed E-state index contributed by atoms with van der Waals surface area (Å²) in [6.07, 6.45) is 21.4. The fourth-order valence-corrected chi connectivity index (χ4v) is 5.42. The molecule has 30 heavy (non-hydrogen) atoms. The Hall–Kier alpha value is -1.69. The van der Waals surface area contributed by atoms with Gasteiger partial charge in [-0.3, -0.25) is 0 Å². The van der Waals surface area contributed by atoms with Gasteiger partial charge < -0.3 is 0 Å². The Morgan fingerprint density at radius 3 is 1.97 bits per heavy atom. The van der Waals surface area contributed by atoms with Gasteiger partial charge in [-0.15, -0.1) is 0 Å². The molecule has 0 spiro atoms. The molecule has 2 saturated carbocycles. The van der Waals surface area contributed by atoms with E-state index in [-0.39, 0.29) is 5.92 Å². The molecular formula is C27H37F2N. The van der Waals surface area contributed by atoms with Gasteiger partial charge in [-0.1, -0.05) is 51.2 Å². The highest BCUT2D eigenvalue weighted by Gasteiger charge is 2.24. The Kier molecular flexibility index (Phi) is 8.91.